The van der Waals surface area contributed by atoms with E-state index in [9.17, 15) is 0 Å². The Morgan fingerprint density at radius 1 is 1.10 bits per heavy atom. The van der Waals surface area contributed by atoms with Crippen LogP contribution in [-0.4, -0.2) is 84.8 Å². The molecule has 1 N–H and O–H groups in total. The fourth-order valence-electron chi connectivity index (χ4n) is 3.82. The molecule has 0 saturated carbocycles. The fraction of sp³-hybridized carbons (Fsp3) is 0.524. The van der Waals surface area contributed by atoms with Crippen molar-refractivity contribution in [1.29, 1.82) is 0 Å². The van der Waals surface area contributed by atoms with Crippen LogP contribution in [-0.2, 0) is 11.3 Å². The lowest BCUT2D eigenvalue weighted by atomic mass is 10.2. The summed E-state index contributed by atoms with van der Waals surface area (Å²) in [6.45, 7) is 8.84. The van der Waals surface area contributed by atoms with Gasteiger partial charge < -0.3 is 24.8 Å². The Morgan fingerprint density at radius 3 is 2.57 bits per heavy atom. The number of aromatic nitrogens is 3. The summed E-state index contributed by atoms with van der Waals surface area (Å²) >= 11 is 0. The van der Waals surface area contributed by atoms with Gasteiger partial charge in [0.25, 0.3) is 0 Å². The third kappa shape index (κ3) is 4.96. The Kier molecular flexibility index (Phi) is 6.58. The van der Waals surface area contributed by atoms with Crippen molar-refractivity contribution in [3.05, 3.63) is 42.4 Å². The van der Waals surface area contributed by atoms with E-state index in [1.165, 1.54) is 0 Å². The summed E-state index contributed by atoms with van der Waals surface area (Å²) in [6.07, 6.45) is 5.77. The first kappa shape index (κ1) is 20.3. The van der Waals surface area contributed by atoms with Gasteiger partial charge in [-0.2, -0.15) is 0 Å². The highest BCUT2D eigenvalue weighted by Gasteiger charge is 2.21. The van der Waals surface area contributed by atoms with Gasteiger partial charge in [0.05, 0.1) is 12.7 Å². The second-order valence-electron chi connectivity index (χ2n) is 7.58. The Labute approximate surface area is 177 Å². The number of morpholine rings is 1. The lowest BCUT2D eigenvalue weighted by molar-refractivity contribution is 0.0529. The van der Waals surface area contributed by atoms with Crippen molar-refractivity contribution in [2.45, 2.75) is 19.6 Å². The maximum atomic E-state index is 5.61. The van der Waals surface area contributed by atoms with E-state index in [0.717, 1.165) is 69.2 Å². The predicted molar refractivity (Wildman–Crippen MR) is 118 cm³/mol. The molecule has 2 aromatic rings. The molecule has 0 aliphatic carbocycles. The van der Waals surface area contributed by atoms with Gasteiger partial charge in [-0.05, 0) is 24.6 Å². The van der Waals surface area contributed by atoms with Gasteiger partial charge in [0.1, 0.15) is 5.82 Å². The van der Waals surface area contributed by atoms with Gasteiger partial charge >= 0.3 is 0 Å². The quantitative estimate of drug-likeness (QED) is 0.590. The van der Waals surface area contributed by atoms with E-state index >= 15 is 0 Å². The van der Waals surface area contributed by atoms with E-state index < -0.39 is 0 Å². The highest BCUT2D eigenvalue weighted by atomic mass is 16.5. The first-order valence-corrected chi connectivity index (χ1v) is 10.5. The molecule has 2 aliphatic rings. The zero-order valence-corrected chi connectivity index (χ0v) is 17.7. The van der Waals surface area contributed by atoms with E-state index in [1.807, 2.05) is 19.3 Å². The van der Waals surface area contributed by atoms with Crippen LogP contribution in [0.3, 0.4) is 0 Å². The summed E-state index contributed by atoms with van der Waals surface area (Å²) in [5.41, 5.74) is 1.14. The average Bonchev–Trinajstić information content (AvgIpc) is 2.81. The van der Waals surface area contributed by atoms with Crippen molar-refractivity contribution < 1.29 is 4.74 Å². The standard InChI is InChI=1S/C21H30N8O/c1-17-16-29(12-13-30-17)19-5-4-18(14-25-19)15-26-20(22-2)27-8-10-28(11-9-27)21-23-6-3-7-24-21/h3-7,14,17H,8-13,15-16H2,1-2H3,(H,22,26). The minimum atomic E-state index is 0.249. The Bertz CT molecular complexity index is 821. The summed E-state index contributed by atoms with van der Waals surface area (Å²) in [4.78, 5) is 24.6. The third-order valence-corrected chi connectivity index (χ3v) is 5.45. The predicted octanol–water partition coefficient (Wildman–Crippen LogP) is 0.994. The van der Waals surface area contributed by atoms with Crippen LogP contribution in [0, 0.1) is 0 Å². The molecule has 0 spiro atoms. The summed E-state index contributed by atoms with van der Waals surface area (Å²) in [7, 11) is 1.83. The first-order chi connectivity index (χ1) is 14.7. The number of aliphatic imine (C=N–C) groups is 1. The molecule has 1 unspecified atom stereocenters. The Balaban J connectivity index is 1.27. The summed E-state index contributed by atoms with van der Waals surface area (Å²) < 4.78 is 5.61. The molecular weight excluding hydrogens is 380 g/mol. The van der Waals surface area contributed by atoms with E-state index in [2.05, 4.69) is 59.0 Å². The minimum absolute atomic E-state index is 0.249. The lowest BCUT2D eigenvalue weighted by Crippen LogP contribution is -2.52. The second-order valence-corrected chi connectivity index (χ2v) is 7.58. The Morgan fingerprint density at radius 2 is 1.90 bits per heavy atom. The monoisotopic (exact) mass is 410 g/mol. The first-order valence-electron chi connectivity index (χ1n) is 10.5. The highest BCUT2D eigenvalue weighted by molar-refractivity contribution is 5.80. The van der Waals surface area contributed by atoms with Crippen molar-refractivity contribution in [3.63, 3.8) is 0 Å². The van der Waals surface area contributed by atoms with Gasteiger partial charge in [0.2, 0.25) is 5.95 Å². The van der Waals surface area contributed by atoms with Crippen molar-refractivity contribution in [2.75, 3.05) is 62.7 Å². The SMILES string of the molecule is CN=C(NCc1ccc(N2CCOC(C)C2)nc1)N1CCN(c2ncccn2)CC1. The summed E-state index contributed by atoms with van der Waals surface area (Å²) in [5.74, 6) is 2.72. The van der Waals surface area contributed by atoms with Crippen LogP contribution in [0.15, 0.2) is 41.8 Å². The van der Waals surface area contributed by atoms with E-state index in [0.29, 0.717) is 6.54 Å². The minimum Gasteiger partial charge on any atom is -0.375 e. The second kappa shape index (κ2) is 9.71. The molecule has 9 heteroatoms. The molecule has 160 valence electrons. The largest absolute Gasteiger partial charge is 0.375 e. The third-order valence-electron chi connectivity index (χ3n) is 5.45. The average molecular weight is 411 g/mol. The molecular formula is C21H30N8O. The number of nitrogens with one attached hydrogen (secondary N) is 1. The van der Waals surface area contributed by atoms with Crippen LogP contribution in [0.4, 0.5) is 11.8 Å². The topological polar surface area (TPSA) is 82.0 Å². The van der Waals surface area contributed by atoms with Gasteiger partial charge in [-0.3, -0.25) is 4.99 Å². The van der Waals surface area contributed by atoms with Crippen molar-refractivity contribution in [1.82, 2.24) is 25.2 Å². The number of rotatable bonds is 4. The lowest BCUT2D eigenvalue weighted by Gasteiger charge is -2.36. The van der Waals surface area contributed by atoms with Gasteiger partial charge in [-0.15, -0.1) is 0 Å². The number of piperazine rings is 1. The molecule has 4 rings (SSSR count). The number of ether oxygens (including phenoxy) is 1. The molecule has 1 atom stereocenters. The molecule has 2 saturated heterocycles. The molecule has 30 heavy (non-hydrogen) atoms. The Hall–Kier alpha value is -2.94. The highest BCUT2D eigenvalue weighted by Crippen LogP contribution is 2.15. The van der Waals surface area contributed by atoms with Crippen molar-refractivity contribution in [2.24, 2.45) is 4.99 Å². The van der Waals surface area contributed by atoms with E-state index in [4.69, 9.17) is 4.74 Å². The molecule has 0 amide bonds. The van der Waals surface area contributed by atoms with E-state index in [-0.39, 0.29) is 6.10 Å². The summed E-state index contributed by atoms with van der Waals surface area (Å²) in [6, 6.07) is 6.07. The zero-order valence-electron chi connectivity index (χ0n) is 17.7. The maximum Gasteiger partial charge on any atom is 0.225 e. The maximum absolute atomic E-state index is 5.61. The molecule has 2 aromatic heterocycles. The number of guanidine groups is 1. The zero-order chi connectivity index (χ0) is 20.8. The van der Waals surface area contributed by atoms with Crippen LogP contribution < -0.4 is 15.1 Å². The van der Waals surface area contributed by atoms with Crippen molar-refractivity contribution in [3.8, 4) is 0 Å². The smallest absolute Gasteiger partial charge is 0.225 e. The molecule has 0 aromatic carbocycles. The number of hydrogen-bond donors (Lipinski definition) is 1. The number of hydrogen-bond acceptors (Lipinski definition) is 7. The number of nitrogens with zero attached hydrogens (tertiary/aromatic N) is 7. The molecule has 2 aliphatic heterocycles. The van der Waals surface area contributed by atoms with Gasteiger partial charge in [-0.25, -0.2) is 15.0 Å². The van der Waals surface area contributed by atoms with Gasteiger partial charge in [0, 0.05) is 71.5 Å². The van der Waals surface area contributed by atoms with Gasteiger partial charge in [-0.1, -0.05) is 6.07 Å². The molecule has 0 bridgehead atoms. The molecule has 9 nitrogen and oxygen atoms in total. The van der Waals surface area contributed by atoms with Crippen molar-refractivity contribution >= 4 is 17.7 Å². The van der Waals surface area contributed by atoms with E-state index in [1.54, 1.807) is 12.4 Å². The van der Waals surface area contributed by atoms with Crippen LogP contribution in [0.1, 0.15) is 12.5 Å². The molecule has 4 heterocycles. The fourth-order valence-corrected chi connectivity index (χ4v) is 3.82. The van der Waals surface area contributed by atoms with Crippen LogP contribution in [0.25, 0.3) is 0 Å². The number of anilines is 2. The molecule has 2 fully saturated rings. The summed E-state index contributed by atoms with van der Waals surface area (Å²) in [5, 5.41) is 3.47. The van der Waals surface area contributed by atoms with Crippen LogP contribution in [0.5, 0.6) is 0 Å². The number of pyridine rings is 1. The van der Waals surface area contributed by atoms with Gasteiger partial charge in [0.15, 0.2) is 5.96 Å². The normalized spacial score (nSPS) is 20.4. The van der Waals surface area contributed by atoms with Crippen LogP contribution in [0.2, 0.25) is 0 Å². The molecule has 0 radical (unpaired) electrons. The van der Waals surface area contributed by atoms with Crippen LogP contribution >= 0.6 is 0 Å².